The molecule has 0 aromatic heterocycles. The van der Waals surface area contributed by atoms with E-state index in [2.05, 4.69) is 10.6 Å². The molecule has 1 saturated heterocycles. The van der Waals surface area contributed by atoms with Gasteiger partial charge in [-0.2, -0.15) is 0 Å². The quantitative estimate of drug-likeness (QED) is 0.742. The van der Waals surface area contributed by atoms with Gasteiger partial charge >= 0.3 is 0 Å². The summed E-state index contributed by atoms with van der Waals surface area (Å²) < 4.78 is 5.73. The highest BCUT2D eigenvalue weighted by Gasteiger charge is 2.22. The molecule has 27 heavy (non-hydrogen) atoms. The van der Waals surface area contributed by atoms with Crippen molar-refractivity contribution < 1.29 is 9.53 Å². The molecular formula is C21H25N3O2S. The highest BCUT2D eigenvalue weighted by Crippen LogP contribution is 2.27. The van der Waals surface area contributed by atoms with Crippen molar-refractivity contribution in [1.29, 1.82) is 0 Å². The van der Waals surface area contributed by atoms with Crippen LogP contribution in [0.15, 0.2) is 48.5 Å². The molecule has 5 nitrogen and oxygen atoms in total. The lowest BCUT2D eigenvalue weighted by atomic mass is 10.1. The van der Waals surface area contributed by atoms with Crippen molar-refractivity contribution in [2.75, 3.05) is 23.4 Å². The first-order valence-corrected chi connectivity index (χ1v) is 9.60. The molecule has 3 rings (SSSR count). The fourth-order valence-corrected chi connectivity index (χ4v) is 3.43. The first-order valence-electron chi connectivity index (χ1n) is 9.19. The van der Waals surface area contributed by atoms with E-state index in [9.17, 15) is 4.79 Å². The Labute approximate surface area is 165 Å². The van der Waals surface area contributed by atoms with E-state index in [4.69, 9.17) is 17.0 Å². The molecule has 1 heterocycles. The Hall–Kier alpha value is -2.60. The summed E-state index contributed by atoms with van der Waals surface area (Å²) in [5, 5.41) is 6.97. The lowest BCUT2D eigenvalue weighted by molar-refractivity contribution is -0.117. The van der Waals surface area contributed by atoms with Gasteiger partial charge in [-0.25, -0.2) is 0 Å². The molecule has 0 saturated carbocycles. The van der Waals surface area contributed by atoms with Crippen molar-refractivity contribution in [1.82, 2.24) is 5.32 Å². The van der Waals surface area contributed by atoms with Gasteiger partial charge in [-0.15, -0.1) is 0 Å². The molecule has 2 aromatic carbocycles. The summed E-state index contributed by atoms with van der Waals surface area (Å²) >= 11 is 5.40. The number of ether oxygens (including phenoxy) is 1. The molecule has 1 aliphatic rings. The van der Waals surface area contributed by atoms with Gasteiger partial charge < -0.3 is 20.3 Å². The summed E-state index contributed by atoms with van der Waals surface area (Å²) in [6.07, 6.45) is 1.56. The Kier molecular flexibility index (Phi) is 6.29. The molecule has 2 aromatic rings. The second-order valence-electron chi connectivity index (χ2n) is 6.77. The van der Waals surface area contributed by atoms with Crippen LogP contribution < -0.4 is 20.3 Å². The highest BCUT2D eigenvalue weighted by atomic mass is 32.1. The minimum Gasteiger partial charge on any atom is -0.491 e. The molecule has 142 valence electrons. The van der Waals surface area contributed by atoms with Crippen LogP contribution >= 0.6 is 12.2 Å². The predicted octanol–water partition coefficient (Wildman–Crippen LogP) is 3.88. The monoisotopic (exact) mass is 383 g/mol. The van der Waals surface area contributed by atoms with Crippen LogP contribution in [0.2, 0.25) is 0 Å². The highest BCUT2D eigenvalue weighted by molar-refractivity contribution is 7.80. The third-order valence-corrected chi connectivity index (χ3v) is 4.66. The van der Waals surface area contributed by atoms with Crippen molar-refractivity contribution in [2.24, 2.45) is 0 Å². The molecule has 0 bridgehead atoms. The Balaban J connectivity index is 1.51. The van der Waals surface area contributed by atoms with Crippen molar-refractivity contribution in [2.45, 2.75) is 32.7 Å². The Morgan fingerprint density at radius 2 is 2.04 bits per heavy atom. The number of amides is 1. The molecule has 0 radical (unpaired) electrons. The first kappa shape index (κ1) is 19.2. The second kappa shape index (κ2) is 8.86. The van der Waals surface area contributed by atoms with Gasteiger partial charge in [0.1, 0.15) is 12.4 Å². The zero-order valence-electron chi connectivity index (χ0n) is 15.7. The van der Waals surface area contributed by atoms with Crippen molar-refractivity contribution in [3.63, 3.8) is 0 Å². The predicted molar refractivity (Wildman–Crippen MR) is 114 cm³/mol. The van der Waals surface area contributed by atoms with Crippen LogP contribution in [0.5, 0.6) is 5.75 Å². The number of benzene rings is 2. The normalized spacial score (nSPS) is 14.7. The largest absolute Gasteiger partial charge is 0.491 e. The molecule has 0 spiro atoms. The van der Waals surface area contributed by atoms with Crippen molar-refractivity contribution >= 4 is 34.6 Å². The summed E-state index contributed by atoms with van der Waals surface area (Å²) in [7, 11) is 0. The fraction of sp³-hybridized carbons (Fsp3) is 0.333. The summed E-state index contributed by atoms with van der Waals surface area (Å²) in [6.45, 7) is 5.34. The van der Waals surface area contributed by atoms with E-state index in [-0.39, 0.29) is 11.9 Å². The number of carbonyl (C=O) groups is 1. The van der Waals surface area contributed by atoms with Gasteiger partial charge in [-0.1, -0.05) is 18.2 Å². The lowest BCUT2D eigenvalue weighted by Crippen LogP contribution is -2.39. The maximum atomic E-state index is 11.9. The smallest absolute Gasteiger partial charge is 0.227 e. The van der Waals surface area contributed by atoms with Gasteiger partial charge in [0.25, 0.3) is 0 Å². The maximum Gasteiger partial charge on any atom is 0.227 e. The molecule has 1 atom stereocenters. The van der Waals surface area contributed by atoms with Crippen molar-refractivity contribution in [3.05, 3.63) is 54.1 Å². The van der Waals surface area contributed by atoms with Crippen LogP contribution in [-0.4, -0.2) is 30.2 Å². The third-order valence-electron chi connectivity index (χ3n) is 4.44. The minimum atomic E-state index is 0.0628. The van der Waals surface area contributed by atoms with E-state index in [1.807, 2.05) is 67.3 Å². The lowest BCUT2D eigenvalue weighted by Gasteiger charge is -2.20. The molecule has 6 heteroatoms. The number of para-hydroxylation sites is 1. The van der Waals surface area contributed by atoms with Crippen LogP contribution in [0, 0.1) is 6.92 Å². The second-order valence-corrected chi connectivity index (χ2v) is 7.18. The average Bonchev–Trinajstić information content (AvgIpc) is 3.06. The van der Waals surface area contributed by atoms with E-state index in [1.165, 1.54) is 0 Å². The number of nitrogens with one attached hydrogen (secondary N) is 2. The van der Waals surface area contributed by atoms with Crippen LogP contribution in [0.4, 0.5) is 11.4 Å². The van der Waals surface area contributed by atoms with E-state index in [0.717, 1.165) is 35.7 Å². The van der Waals surface area contributed by atoms with E-state index in [1.54, 1.807) is 0 Å². The number of anilines is 2. The number of thiocarbonyl (C=S) groups is 1. The number of aryl methyl sites for hydroxylation is 1. The molecule has 1 fully saturated rings. The molecule has 2 N–H and O–H groups in total. The van der Waals surface area contributed by atoms with Gasteiger partial charge in [0.2, 0.25) is 5.91 Å². The number of hydrogen-bond donors (Lipinski definition) is 2. The van der Waals surface area contributed by atoms with Crippen molar-refractivity contribution in [3.8, 4) is 5.75 Å². The maximum absolute atomic E-state index is 11.9. The molecule has 1 amide bonds. The van der Waals surface area contributed by atoms with Crippen LogP contribution in [0.1, 0.15) is 25.3 Å². The van der Waals surface area contributed by atoms with Gasteiger partial charge in [0, 0.05) is 24.3 Å². The number of carbonyl (C=O) groups excluding carboxylic acids is 1. The zero-order chi connectivity index (χ0) is 19.2. The molecular weight excluding hydrogens is 358 g/mol. The van der Waals surface area contributed by atoms with Gasteiger partial charge in [0.05, 0.1) is 6.04 Å². The first-order chi connectivity index (χ1) is 13.0. The topological polar surface area (TPSA) is 53.6 Å². The minimum absolute atomic E-state index is 0.0628. The Bertz CT molecular complexity index is 810. The van der Waals surface area contributed by atoms with Crippen LogP contribution in [0.25, 0.3) is 0 Å². The summed E-state index contributed by atoms with van der Waals surface area (Å²) in [6, 6.07) is 15.7. The number of hydrogen-bond acceptors (Lipinski definition) is 3. The third kappa shape index (κ3) is 5.20. The molecule has 1 aliphatic heterocycles. The van der Waals surface area contributed by atoms with E-state index < -0.39 is 0 Å². The van der Waals surface area contributed by atoms with Crippen LogP contribution in [-0.2, 0) is 4.79 Å². The molecule has 0 aliphatic carbocycles. The van der Waals surface area contributed by atoms with E-state index in [0.29, 0.717) is 18.1 Å². The Morgan fingerprint density at radius 3 is 2.70 bits per heavy atom. The SMILES string of the molecule is Cc1cc(NC(=S)NC(C)COc2ccccc2)ccc1N1CCCC1=O. The van der Waals surface area contributed by atoms with Gasteiger partial charge in [-0.3, -0.25) is 4.79 Å². The summed E-state index contributed by atoms with van der Waals surface area (Å²) in [5.41, 5.74) is 2.93. The fourth-order valence-electron chi connectivity index (χ4n) is 3.11. The van der Waals surface area contributed by atoms with Gasteiger partial charge in [-0.05, 0) is 68.4 Å². The summed E-state index contributed by atoms with van der Waals surface area (Å²) in [5.74, 6) is 1.04. The zero-order valence-corrected chi connectivity index (χ0v) is 16.5. The van der Waals surface area contributed by atoms with Crippen LogP contribution in [0.3, 0.4) is 0 Å². The number of nitrogens with zero attached hydrogens (tertiary/aromatic N) is 1. The average molecular weight is 384 g/mol. The Morgan fingerprint density at radius 1 is 1.26 bits per heavy atom. The standard InChI is InChI=1S/C21H25N3O2S/c1-15-13-17(10-11-19(15)24-12-6-9-20(24)25)23-21(27)22-16(2)14-26-18-7-4-3-5-8-18/h3-5,7-8,10-11,13,16H,6,9,12,14H2,1-2H3,(H2,22,23,27). The number of rotatable bonds is 6. The summed E-state index contributed by atoms with van der Waals surface area (Å²) in [4.78, 5) is 13.8. The molecule has 1 unspecified atom stereocenters. The van der Waals surface area contributed by atoms with Gasteiger partial charge in [0.15, 0.2) is 5.11 Å². The van der Waals surface area contributed by atoms with E-state index >= 15 is 0 Å².